The molecule has 0 fully saturated rings. The van der Waals surface area contributed by atoms with E-state index in [1.54, 1.807) is 6.07 Å². The Morgan fingerprint density at radius 1 is 1.25 bits per heavy atom. The fourth-order valence-corrected chi connectivity index (χ4v) is 2.96. The zero-order valence-corrected chi connectivity index (χ0v) is 12.3. The number of halogens is 3. The van der Waals surface area contributed by atoms with E-state index in [-0.39, 0.29) is 11.8 Å². The maximum atomic E-state index is 13.2. The number of nitrogens with two attached hydrogens (primary N) is 1. The van der Waals surface area contributed by atoms with E-state index >= 15 is 0 Å². The van der Waals surface area contributed by atoms with Gasteiger partial charge in [-0.3, -0.25) is 0 Å². The van der Waals surface area contributed by atoms with Crippen molar-refractivity contribution in [2.75, 3.05) is 0 Å². The Labute approximate surface area is 125 Å². The van der Waals surface area contributed by atoms with Crippen LogP contribution < -0.4 is 10.5 Å². The van der Waals surface area contributed by atoms with Crippen molar-refractivity contribution in [1.82, 2.24) is 0 Å². The van der Waals surface area contributed by atoms with E-state index in [2.05, 4.69) is 0 Å². The summed E-state index contributed by atoms with van der Waals surface area (Å²) >= 11 is 7.25. The Kier molecular flexibility index (Phi) is 4.96. The second-order valence-corrected chi connectivity index (χ2v) is 6.10. The molecular formula is C14H14ClF2NOS. The van der Waals surface area contributed by atoms with Crippen LogP contribution in [0.5, 0.6) is 5.75 Å². The number of ether oxygens (including phenoxy) is 1. The number of rotatable bonds is 5. The maximum absolute atomic E-state index is 13.2. The summed E-state index contributed by atoms with van der Waals surface area (Å²) in [5.74, 6) is -1.26. The predicted octanol–water partition coefficient (Wildman–Crippen LogP) is 4.54. The molecule has 0 aliphatic carbocycles. The largest absolute Gasteiger partial charge is 0.483 e. The summed E-state index contributed by atoms with van der Waals surface area (Å²) < 4.78 is 32.7. The van der Waals surface area contributed by atoms with Gasteiger partial charge in [-0.2, -0.15) is 0 Å². The lowest BCUT2D eigenvalue weighted by atomic mass is 10.1. The zero-order chi connectivity index (χ0) is 14.7. The van der Waals surface area contributed by atoms with Crippen LogP contribution in [0.2, 0.25) is 4.34 Å². The number of hydrogen-bond acceptors (Lipinski definition) is 3. The van der Waals surface area contributed by atoms with Gasteiger partial charge in [-0.15, -0.1) is 11.3 Å². The Bertz CT molecular complexity index is 570. The molecule has 2 N–H and O–H groups in total. The molecule has 2 rings (SSSR count). The van der Waals surface area contributed by atoms with Crippen molar-refractivity contribution in [2.24, 2.45) is 5.73 Å². The van der Waals surface area contributed by atoms with E-state index < -0.39 is 17.7 Å². The van der Waals surface area contributed by atoms with Gasteiger partial charge in [0.05, 0.1) is 4.34 Å². The highest BCUT2D eigenvalue weighted by atomic mass is 35.5. The van der Waals surface area contributed by atoms with E-state index in [0.29, 0.717) is 10.8 Å². The van der Waals surface area contributed by atoms with Crippen LogP contribution in [0.4, 0.5) is 8.78 Å². The zero-order valence-electron chi connectivity index (χ0n) is 10.8. The molecule has 0 aliphatic rings. The molecule has 2 aromatic rings. The standard InChI is InChI=1S/C14H14ClF2NOS/c1-2-11(18)14(12-3-4-13(15)20-12)19-10-6-8(16)5-9(17)7-10/h3-7,11,14H,2,18H2,1H3. The van der Waals surface area contributed by atoms with Gasteiger partial charge in [0.1, 0.15) is 23.5 Å². The molecule has 2 nitrogen and oxygen atoms in total. The van der Waals surface area contributed by atoms with Crippen LogP contribution in [-0.4, -0.2) is 6.04 Å². The number of hydrogen-bond donors (Lipinski definition) is 1. The van der Waals surface area contributed by atoms with Crippen molar-refractivity contribution in [3.8, 4) is 5.75 Å². The SMILES string of the molecule is CCC(N)C(Oc1cc(F)cc(F)c1)c1ccc(Cl)s1. The first-order chi connectivity index (χ1) is 9.49. The average molecular weight is 318 g/mol. The molecule has 0 radical (unpaired) electrons. The molecule has 20 heavy (non-hydrogen) atoms. The van der Waals surface area contributed by atoms with Crippen molar-refractivity contribution in [3.05, 3.63) is 51.2 Å². The second kappa shape index (κ2) is 6.52. The van der Waals surface area contributed by atoms with Gasteiger partial charge in [-0.05, 0) is 18.6 Å². The highest BCUT2D eigenvalue weighted by Crippen LogP contribution is 2.33. The first-order valence-corrected chi connectivity index (χ1v) is 7.32. The lowest BCUT2D eigenvalue weighted by molar-refractivity contribution is 0.173. The molecule has 1 heterocycles. The molecule has 1 aromatic heterocycles. The summed E-state index contributed by atoms with van der Waals surface area (Å²) in [5.41, 5.74) is 6.03. The van der Waals surface area contributed by atoms with Crippen LogP contribution in [-0.2, 0) is 0 Å². The van der Waals surface area contributed by atoms with Crippen LogP contribution in [0.3, 0.4) is 0 Å². The van der Waals surface area contributed by atoms with E-state index in [9.17, 15) is 8.78 Å². The van der Waals surface area contributed by atoms with E-state index in [1.165, 1.54) is 11.3 Å². The Balaban J connectivity index is 2.28. The van der Waals surface area contributed by atoms with Crippen LogP contribution >= 0.6 is 22.9 Å². The van der Waals surface area contributed by atoms with Gasteiger partial charge >= 0.3 is 0 Å². The summed E-state index contributed by atoms with van der Waals surface area (Å²) in [6.45, 7) is 1.92. The van der Waals surface area contributed by atoms with E-state index in [0.717, 1.165) is 23.1 Å². The van der Waals surface area contributed by atoms with Crippen LogP contribution in [0, 0.1) is 11.6 Å². The van der Waals surface area contributed by atoms with E-state index in [1.807, 2.05) is 13.0 Å². The molecule has 2 atom stereocenters. The van der Waals surface area contributed by atoms with Crippen LogP contribution in [0.1, 0.15) is 24.3 Å². The van der Waals surface area contributed by atoms with Gasteiger partial charge in [-0.1, -0.05) is 18.5 Å². The van der Waals surface area contributed by atoms with Crippen molar-refractivity contribution >= 4 is 22.9 Å². The third-order valence-electron chi connectivity index (χ3n) is 2.83. The third-order valence-corrected chi connectivity index (χ3v) is 4.13. The van der Waals surface area contributed by atoms with Crippen molar-refractivity contribution in [1.29, 1.82) is 0 Å². The van der Waals surface area contributed by atoms with Gasteiger partial charge < -0.3 is 10.5 Å². The summed E-state index contributed by atoms with van der Waals surface area (Å²) in [7, 11) is 0. The number of benzene rings is 1. The summed E-state index contributed by atoms with van der Waals surface area (Å²) in [4.78, 5) is 0.828. The fourth-order valence-electron chi connectivity index (χ4n) is 1.79. The maximum Gasteiger partial charge on any atom is 0.148 e. The molecule has 0 amide bonds. The topological polar surface area (TPSA) is 35.2 Å². The monoisotopic (exact) mass is 317 g/mol. The van der Waals surface area contributed by atoms with Gasteiger partial charge in [0.2, 0.25) is 0 Å². The average Bonchev–Trinajstić information content (AvgIpc) is 2.80. The molecule has 0 saturated carbocycles. The first-order valence-electron chi connectivity index (χ1n) is 6.13. The second-order valence-electron chi connectivity index (χ2n) is 4.36. The van der Waals surface area contributed by atoms with Crippen molar-refractivity contribution in [2.45, 2.75) is 25.5 Å². The van der Waals surface area contributed by atoms with Gasteiger partial charge in [-0.25, -0.2) is 8.78 Å². The molecule has 6 heteroatoms. The quantitative estimate of drug-likeness (QED) is 0.879. The lowest BCUT2D eigenvalue weighted by Gasteiger charge is -2.23. The summed E-state index contributed by atoms with van der Waals surface area (Å²) in [5, 5.41) is 0. The molecule has 0 saturated heterocycles. The molecule has 0 spiro atoms. The van der Waals surface area contributed by atoms with Gasteiger partial charge in [0.25, 0.3) is 0 Å². The minimum atomic E-state index is -0.687. The van der Waals surface area contributed by atoms with Gasteiger partial charge in [0, 0.05) is 29.1 Å². The third kappa shape index (κ3) is 3.69. The minimum absolute atomic E-state index is 0.112. The molecule has 0 bridgehead atoms. The highest BCUT2D eigenvalue weighted by Gasteiger charge is 2.23. The predicted molar refractivity (Wildman–Crippen MR) is 77.3 cm³/mol. The summed E-state index contributed by atoms with van der Waals surface area (Å²) in [6, 6.07) is 6.32. The Morgan fingerprint density at radius 2 is 1.90 bits per heavy atom. The van der Waals surface area contributed by atoms with Gasteiger partial charge in [0.15, 0.2) is 0 Å². The summed E-state index contributed by atoms with van der Waals surface area (Å²) in [6.07, 6.45) is 0.177. The molecule has 0 aliphatic heterocycles. The minimum Gasteiger partial charge on any atom is -0.483 e. The Morgan fingerprint density at radius 3 is 2.40 bits per heavy atom. The van der Waals surface area contributed by atoms with E-state index in [4.69, 9.17) is 22.1 Å². The lowest BCUT2D eigenvalue weighted by Crippen LogP contribution is -2.30. The fraction of sp³-hybridized carbons (Fsp3) is 0.286. The highest BCUT2D eigenvalue weighted by molar-refractivity contribution is 7.16. The normalized spacial score (nSPS) is 14.1. The van der Waals surface area contributed by atoms with Crippen molar-refractivity contribution < 1.29 is 13.5 Å². The smallest absolute Gasteiger partial charge is 0.148 e. The van der Waals surface area contributed by atoms with Crippen molar-refractivity contribution in [3.63, 3.8) is 0 Å². The first kappa shape index (κ1) is 15.2. The molecule has 2 unspecified atom stereocenters. The molecule has 1 aromatic carbocycles. The molecular weight excluding hydrogens is 304 g/mol. The van der Waals surface area contributed by atoms with Crippen LogP contribution in [0.25, 0.3) is 0 Å². The Hall–Kier alpha value is -1.17. The molecule has 108 valence electrons. The number of thiophene rings is 1. The van der Waals surface area contributed by atoms with Crippen LogP contribution in [0.15, 0.2) is 30.3 Å².